The van der Waals surface area contributed by atoms with Gasteiger partial charge in [0.15, 0.2) is 0 Å². The van der Waals surface area contributed by atoms with Crippen molar-refractivity contribution in [3.8, 4) is 0 Å². The summed E-state index contributed by atoms with van der Waals surface area (Å²) in [6, 6.07) is 15.0. The van der Waals surface area contributed by atoms with E-state index in [9.17, 15) is 9.59 Å². The zero-order chi connectivity index (χ0) is 18.1. The number of rotatable bonds is 4. The van der Waals surface area contributed by atoms with Crippen LogP contribution in [0.4, 0.5) is 0 Å². The molecule has 2 aliphatic rings. The van der Waals surface area contributed by atoms with Gasteiger partial charge in [0.2, 0.25) is 0 Å². The first-order valence-corrected chi connectivity index (χ1v) is 9.14. The lowest BCUT2D eigenvalue weighted by molar-refractivity contribution is 0.0447. The fraction of sp³-hybridized carbons (Fsp3) is 0.300. The molecule has 6 heteroatoms. The predicted octanol–water partition coefficient (Wildman–Crippen LogP) is 2.71. The molecule has 0 atom stereocenters. The van der Waals surface area contributed by atoms with E-state index in [0.29, 0.717) is 17.8 Å². The lowest BCUT2D eigenvalue weighted by Gasteiger charge is -2.36. The molecule has 0 saturated carbocycles. The van der Waals surface area contributed by atoms with Crippen LogP contribution in [0.3, 0.4) is 0 Å². The highest BCUT2D eigenvalue weighted by Gasteiger charge is 2.36. The van der Waals surface area contributed by atoms with Crippen molar-refractivity contribution < 1.29 is 9.59 Å². The molecule has 0 aromatic heterocycles. The minimum Gasteiger partial charge on any atom is -0.297 e. The predicted molar refractivity (Wildman–Crippen MR) is 100 cm³/mol. The Labute approximate surface area is 157 Å². The number of hydrogen-bond donors (Lipinski definition) is 0. The molecule has 0 radical (unpaired) electrons. The molecule has 134 valence electrons. The Morgan fingerprint density at radius 3 is 1.88 bits per heavy atom. The molecule has 0 spiro atoms. The Balaban J connectivity index is 1.32. The number of fused-ring (bicyclic) bond motifs is 1. The molecule has 1 fully saturated rings. The average Bonchev–Trinajstić information content (AvgIpc) is 2.90. The lowest BCUT2D eigenvalue weighted by Crippen LogP contribution is -2.50. The smallest absolute Gasteiger partial charge is 0.262 e. The number of hydrogen-bond acceptors (Lipinski definition) is 4. The van der Waals surface area contributed by atoms with Crippen LogP contribution in [0.1, 0.15) is 26.3 Å². The maximum absolute atomic E-state index is 12.5. The third kappa shape index (κ3) is 3.38. The molecule has 0 bridgehead atoms. The zero-order valence-electron chi connectivity index (χ0n) is 14.4. The fourth-order valence-corrected chi connectivity index (χ4v) is 3.63. The summed E-state index contributed by atoms with van der Waals surface area (Å²) in [6.07, 6.45) is 0. The van der Waals surface area contributed by atoms with E-state index in [1.807, 2.05) is 24.3 Å². The molecule has 0 aliphatic carbocycles. The number of carbonyl (C=O) groups is 2. The molecule has 0 N–H and O–H groups in total. The Kier molecular flexibility index (Phi) is 4.76. The number of carbonyl (C=O) groups excluding carboxylic acids is 2. The molecule has 2 heterocycles. The van der Waals surface area contributed by atoms with Crippen LogP contribution >= 0.6 is 11.6 Å². The van der Waals surface area contributed by atoms with Crippen molar-refractivity contribution in [3.05, 3.63) is 70.2 Å². The number of piperazine rings is 1. The average molecular weight is 370 g/mol. The van der Waals surface area contributed by atoms with Gasteiger partial charge in [0.25, 0.3) is 11.8 Å². The summed E-state index contributed by atoms with van der Waals surface area (Å²) in [4.78, 5) is 30.8. The minimum atomic E-state index is -0.186. The zero-order valence-corrected chi connectivity index (χ0v) is 15.2. The fourth-order valence-electron chi connectivity index (χ4n) is 3.50. The third-order valence-corrected chi connectivity index (χ3v) is 5.26. The van der Waals surface area contributed by atoms with Crippen LogP contribution in [-0.2, 0) is 6.54 Å². The van der Waals surface area contributed by atoms with E-state index in [4.69, 9.17) is 11.6 Å². The number of benzene rings is 2. The van der Waals surface area contributed by atoms with E-state index in [1.165, 1.54) is 10.5 Å². The summed E-state index contributed by atoms with van der Waals surface area (Å²) in [6.45, 7) is 4.73. The van der Waals surface area contributed by atoms with Crippen LogP contribution in [0, 0.1) is 0 Å². The van der Waals surface area contributed by atoms with Gasteiger partial charge in [0, 0.05) is 37.7 Å². The van der Waals surface area contributed by atoms with Crippen LogP contribution in [-0.4, -0.2) is 59.4 Å². The third-order valence-electron chi connectivity index (χ3n) is 5.00. The van der Waals surface area contributed by atoms with Gasteiger partial charge in [-0.2, -0.15) is 0 Å². The molecule has 26 heavy (non-hydrogen) atoms. The van der Waals surface area contributed by atoms with Gasteiger partial charge < -0.3 is 0 Å². The van der Waals surface area contributed by atoms with Gasteiger partial charge in [0.1, 0.15) is 0 Å². The van der Waals surface area contributed by atoms with Crippen LogP contribution < -0.4 is 0 Å². The van der Waals surface area contributed by atoms with Crippen LogP contribution in [0.15, 0.2) is 48.5 Å². The van der Waals surface area contributed by atoms with Crippen LogP contribution in [0.2, 0.25) is 5.02 Å². The largest absolute Gasteiger partial charge is 0.297 e. The first-order chi connectivity index (χ1) is 12.6. The normalized spacial score (nSPS) is 18.4. The molecule has 5 nitrogen and oxygen atoms in total. The second-order valence-electron chi connectivity index (χ2n) is 6.75. The van der Waals surface area contributed by atoms with Crippen molar-refractivity contribution in [3.63, 3.8) is 0 Å². The summed E-state index contributed by atoms with van der Waals surface area (Å²) in [5.74, 6) is -0.372. The number of amides is 2. The quantitative estimate of drug-likeness (QED) is 0.777. The van der Waals surface area contributed by atoms with E-state index in [2.05, 4.69) is 9.80 Å². The van der Waals surface area contributed by atoms with Gasteiger partial charge in [-0.3, -0.25) is 24.3 Å². The second kappa shape index (κ2) is 7.19. The van der Waals surface area contributed by atoms with Crippen molar-refractivity contribution in [2.24, 2.45) is 0 Å². The molecule has 1 saturated heterocycles. The van der Waals surface area contributed by atoms with E-state index in [-0.39, 0.29) is 11.8 Å². The number of nitrogens with zero attached hydrogens (tertiary/aromatic N) is 3. The molecule has 4 rings (SSSR count). The molecule has 2 aromatic rings. The van der Waals surface area contributed by atoms with E-state index in [1.54, 1.807) is 24.3 Å². The summed E-state index contributed by atoms with van der Waals surface area (Å²) in [5.41, 5.74) is 2.26. The first kappa shape index (κ1) is 17.2. The molecule has 2 amide bonds. The van der Waals surface area contributed by atoms with Crippen molar-refractivity contribution in [1.82, 2.24) is 14.7 Å². The van der Waals surface area contributed by atoms with Crippen molar-refractivity contribution in [2.45, 2.75) is 6.54 Å². The minimum absolute atomic E-state index is 0.186. The highest BCUT2D eigenvalue weighted by Crippen LogP contribution is 2.23. The van der Waals surface area contributed by atoms with Crippen molar-refractivity contribution in [1.29, 1.82) is 0 Å². The Morgan fingerprint density at radius 1 is 0.769 bits per heavy atom. The molecule has 2 aromatic carbocycles. The van der Waals surface area contributed by atoms with Gasteiger partial charge >= 0.3 is 0 Å². The Morgan fingerprint density at radius 2 is 1.31 bits per heavy atom. The molecule has 2 aliphatic heterocycles. The van der Waals surface area contributed by atoms with Gasteiger partial charge in [-0.15, -0.1) is 0 Å². The SMILES string of the molecule is O=C1c2ccccc2C(=O)N1CN1CCN(Cc2ccc(Cl)cc2)CC1. The monoisotopic (exact) mass is 369 g/mol. The second-order valence-corrected chi connectivity index (χ2v) is 7.18. The summed E-state index contributed by atoms with van der Waals surface area (Å²) < 4.78 is 0. The number of halogens is 1. The number of imide groups is 1. The van der Waals surface area contributed by atoms with Crippen molar-refractivity contribution in [2.75, 3.05) is 32.8 Å². The van der Waals surface area contributed by atoms with E-state index < -0.39 is 0 Å². The summed E-state index contributed by atoms with van der Waals surface area (Å²) >= 11 is 5.93. The van der Waals surface area contributed by atoms with Gasteiger partial charge in [-0.25, -0.2) is 0 Å². The molecule has 0 unspecified atom stereocenters. The topological polar surface area (TPSA) is 43.9 Å². The highest BCUT2D eigenvalue weighted by atomic mass is 35.5. The molecular weight excluding hydrogens is 350 g/mol. The molecular formula is C20H20ClN3O2. The van der Waals surface area contributed by atoms with Gasteiger partial charge in [-0.1, -0.05) is 35.9 Å². The van der Waals surface area contributed by atoms with Gasteiger partial charge in [0.05, 0.1) is 17.8 Å². The van der Waals surface area contributed by atoms with E-state index in [0.717, 1.165) is 37.7 Å². The standard InChI is InChI=1S/C20H20ClN3O2/c21-16-7-5-15(6-8-16)13-22-9-11-23(12-10-22)14-24-19(25)17-3-1-2-4-18(17)20(24)26/h1-8H,9-14H2. The van der Waals surface area contributed by atoms with Crippen LogP contribution in [0.25, 0.3) is 0 Å². The first-order valence-electron chi connectivity index (χ1n) is 8.76. The summed E-state index contributed by atoms with van der Waals surface area (Å²) in [5, 5.41) is 0.750. The Hall–Kier alpha value is -2.21. The van der Waals surface area contributed by atoms with Crippen molar-refractivity contribution >= 4 is 23.4 Å². The Bertz CT molecular complexity index is 794. The maximum Gasteiger partial charge on any atom is 0.262 e. The van der Waals surface area contributed by atoms with Gasteiger partial charge in [-0.05, 0) is 29.8 Å². The summed E-state index contributed by atoms with van der Waals surface area (Å²) in [7, 11) is 0. The maximum atomic E-state index is 12.5. The van der Waals surface area contributed by atoms with Crippen LogP contribution in [0.5, 0.6) is 0 Å². The van der Waals surface area contributed by atoms with E-state index >= 15 is 0 Å². The lowest BCUT2D eigenvalue weighted by atomic mass is 10.1. The highest BCUT2D eigenvalue weighted by molar-refractivity contribution is 6.30.